The highest BCUT2D eigenvalue weighted by Gasteiger charge is 2.10. The largest absolute Gasteiger partial charge is 0.385 e. The molecule has 5 N–H and O–H groups in total. The summed E-state index contributed by atoms with van der Waals surface area (Å²) in [7, 11) is 2.00. The number of rotatable bonds is 8. The van der Waals surface area contributed by atoms with Crippen LogP contribution in [0.15, 0.2) is 53.0 Å². The van der Waals surface area contributed by atoms with Crippen molar-refractivity contribution in [2.24, 2.45) is 10.8 Å². The predicted octanol–water partition coefficient (Wildman–Crippen LogP) is -0.978. The molecule has 0 fully saturated rings. The highest BCUT2D eigenvalue weighted by Crippen LogP contribution is 2.09. The third-order valence-electron chi connectivity index (χ3n) is 2.62. The molecule has 0 aromatic heterocycles. The minimum Gasteiger partial charge on any atom is -0.385 e. The number of carbonyl (C=O) groups excluding carboxylic acids is 2. The highest BCUT2D eigenvalue weighted by atomic mass is 16.1. The number of nitrogens with two attached hydrogens (primary N) is 1. The van der Waals surface area contributed by atoms with Gasteiger partial charge >= 0.3 is 0 Å². The van der Waals surface area contributed by atoms with Gasteiger partial charge in [0.25, 0.3) is 5.91 Å². The Hall–Kier alpha value is -2.90. The molecule has 0 saturated carbocycles. The lowest BCUT2D eigenvalue weighted by molar-refractivity contribution is -0.114. The molecule has 7 nitrogen and oxygen atoms in total. The van der Waals surface area contributed by atoms with E-state index in [-0.39, 0.29) is 11.3 Å². The summed E-state index contributed by atoms with van der Waals surface area (Å²) >= 11 is 0. The van der Waals surface area contributed by atoms with Crippen molar-refractivity contribution >= 4 is 25.6 Å². The van der Waals surface area contributed by atoms with Crippen molar-refractivity contribution in [1.29, 1.82) is 5.53 Å². The van der Waals surface area contributed by atoms with Gasteiger partial charge in [-0.1, -0.05) is 29.7 Å². The maximum Gasteiger partial charge on any atom is 0.252 e. The molecule has 0 aliphatic carbocycles. The summed E-state index contributed by atoms with van der Waals surface area (Å²) in [6.07, 6.45) is 2.90. The maximum absolute atomic E-state index is 11.3. The smallest absolute Gasteiger partial charge is 0.252 e. The van der Waals surface area contributed by atoms with Crippen LogP contribution in [0.4, 0.5) is 0 Å². The zero-order valence-electron chi connectivity index (χ0n) is 11.6. The lowest BCUT2D eigenvalue weighted by Crippen LogP contribution is -2.19. The molecular weight excluding hydrogens is 269 g/mol. The SMILES string of the molecule is Bc1ccc(CN/C=C(N=N)/C(=C/NC=O)C(N)=O)cc1. The number of hydrogen-bond donors (Lipinski definition) is 4. The molecule has 0 atom stereocenters. The fourth-order valence-electron chi connectivity index (χ4n) is 1.53. The molecule has 2 amide bonds. The number of hydrogen-bond acceptors (Lipinski definition) is 5. The minimum atomic E-state index is -0.788. The van der Waals surface area contributed by atoms with Crippen LogP contribution in [0.2, 0.25) is 0 Å². The molecule has 1 rings (SSSR count). The molecule has 0 spiro atoms. The van der Waals surface area contributed by atoms with Gasteiger partial charge in [0.1, 0.15) is 13.5 Å². The first-order chi connectivity index (χ1) is 10.1. The van der Waals surface area contributed by atoms with Crippen LogP contribution in [0.5, 0.6) is 0 Å². The first-order valence-electron chi connectivity index (χ1n) is 6.15. The first-order valence-corrected chi connectivity index (χ1v) is 6.15. The Morgan fingerprint density at radius 1 is 1.33 bits per heavy atom. The Balaban J connectivity index is 2.78. The van der Waals surface area contributed by atoms with E-state index in [0.717, 1.165) is 17.2 Å². The van der Waals surface area contributed by atoms with E-state index in [9.17, 15) is 9.59 Å². The summed E-state index contributed by atoms with van der Waals surface area (Å²) in [5.74, 6) is -0.788. The Morgan fingerprint density at radius 2 is 2.00 bits per heavy atom. The van der Waals surface area contributed by atoms with Crippen molar-refractivity contribution in [2.45, 2.75) is 6.54 Å². The second-order valence-electron chi connectivity index (χ2n) is 4.21. The molecule has 0 bridgehead atoms. The van der Waals surface area contributed by atoms with Gasteiger partial charge in [0.2, 0.25) is 6.41 Å². The molecule has 1 aromatic rings. The quantitative estimate of drug-likeness (QED) is 0.161. The zero-order valence-corrected chi connectivity index (χ0v) is 11.6. The van der Waals surface area contributed by atoms with E-state index >= 15 is 0 Å². The van der Waals surface area contributed by atoms with Crippen molar-refractivity contribution in [3.05, 3.63) is 53.5 Å². The number of primary amides is 1. The van der Waals surface area contributed by atoms with Crippen LogP contribution in [0, 0.1) is 5.53 Å². The Bertz CT molecular complexity index is 581. The van der Waals surface area contributed by atoms with Gasteiger partial charge in [0.05, 0.1) is 5.57 Å². The van der Waals surface area contributed by atoms with E-state index in [1.165, 1.54) is 6.20 Å². The van der Waals surface area contributed by atoms with Gasteiger partial charge in [-0.2, -0.15) is 5.11 Å². The number of carbonyl (C=O) groups is 2. The van der Waals surface area contributed by atoms with Crippen molar-refractivity contribution in [2.75, 3.05) is 0 Å². The Morgan fingerprint density at radius 3 is 2.52 bits per heavy atom. The normalized spacial score (nSPS) is 11.6. The lowest BCUT2D eigenvalue weighted by Gasteiger charge is -2.05. The number of nitrogens with one attached hydrogen (secondary N) is 3. The Labute approximate surface area is 123 Å². The fourth-order valence-corrected chi connectivity index (χ4v) is 1.53. The third-order valence-corrected chi connectivity index (χ3v) is 2.62. The molecule has 0 aliphatic heterocycles. The van der Waals surface area contributed by atoms with Gasteiger partial charge in [0, 0.05) is 18.9 Å². The van der Waals surface area contributed by atoms with Gasteiger partial charge < -0.3 is 16.4 Å². The summed E-state index contributed by atoms with van der Waals surface area (Å²) in [5.41, 5.74) is 14.4. The third kappa shape index (κ3) is 5.31. The molecular formula is C13H16BN5O2. The van der Waals surface area contributed by atoms with Gasteiger partial charge in [-0.3, -0.25) is 9.59 Å². The van der Waals surface area contributed by atoms with Gasteiger partial charge in [-0.25, -0.2) is 5.53 Å². The van der Waals surface area contributed by atoms with Gasteiger partial charge in [-0.05, 0) is 5.56 Å². The van der Waals surface area contributed by atoms with Crippen LogP contribution in [0.1, 0.15) is 5.56 Å². The molecule has 1 aromatic carbocycles. The first kappa shape index (κ1) is 16.2. The van der Waals surface area contributed by atoms with Crippen LogP contribution in [0.3, 0.4) is 0 Å². The molecule has 0 aliphatic rings. The Kier molecular flexibility index (Phi) is 6.40. The van der Waals surface area contributed by atoms with E-state index in [2.05, 4.69) is 15.7 Å². The molecule has 21 heavy (non-hydrogen) atoms. The maximum atomic E-state index is 11.3. The molecule has 0 radical (unpaired) electrons. The van der Waals surface area contributed by atoms with Crippen LogP contribution >= 0.6 is 0 Å². The summed E-state index contributed by atoms with van der Waals surface area (Å²) < 4.78 is 0. The second kappa shape index (κ2) is 8.31. The number of amides is 2. The van der Waals surface area contributed by atoms with E-state index in [1.807, 2.05) is 32.1 Å². The number of benzene rings is 1. The summed E-state index contributed by atoms with van der Waals surface area (Å²) in [5, 5.41) is 8.38. The average Bonchev–Trinajstić information content (AvgIpc) is 2.47. The average molecular weight is 285 g/mol. The topological polar surface area (TPSA) is 120 Å². The zero-order chi connectivity index (χ0) is 15.7. The van der Waals surface area contributed by atoms with Crippen LogP contribution < -0.4 is 21.8 Å². The summed E-state index contributed by atoms with van der Waals surface area (Å²) in [6, 6.07) is 7.90. The molecule has 108 valence electrons. The minimum absolute atomic E-state index is 0.0314. The molecule has 0 saturated heterocycles. The van der Waals surface area contributed by atoms with Crippen molar-refractivity contribution in [1.82, 2.24) is 10.6 Å². The van der Waals surface area contributed by atoms with Crippen LogP contribution in [-0.2, 0) is 16.1 Å². The standard InChI is InChI=1S/C13H16BN5O2/c14-10-3-1-9(2-4-10)5-17-7-12(19-16)11(13(15)21)6-18-8-20/h1-4,6-8,16-17H,5,14H2,(H2,15,21)(H,18,20)/b11-6-,12-7-,19-16?. The fraction of sp³-hybridized carbons (Fsp3) is 0.0769. The summed E-state index contributed by atoms with van der Waals surface area (Å²) in [4.78, 5) is 21.5. The van der Waals surface area contributed by atoms with Gasteiger partial charge in [0.15, 0.2) is 0 Å². The second-order valence-corrected chi connectivity index (χ2v) is 4.21. The van der Waals surface area contributed by atoms with Gasteiger partial charge in [-0.15, -0.1) is 0 Å². The van der Waals surface area contributed by atoms with Crippen LogP contribution in [0.25, 0.3) is 0 Å². The van der Waals surface area contributed by atoms with Crippen LogP contribution in [-0.4, -0.2) is 20.2 Å². The number of nitrogens with zero attached hydrogens (tertiary/aromatic N) is 1. The van der Waals surface area contributed by atoms with E-state index in [4.69, 9.17) is 11.3 Å². The van der Waals surface area contributed by atoms with E-state index < -0.39 is 5.91 Å². The van der Waals surface area contributed by atoms with Crippen molar-refractivity contribution < 1.29 is 9.59 Å². The predicted molar refractivity (Wildman–Crippen MR) is 81.2 cm³/mol. The van der Waals surface area contributed by atoms with E-state index in [1.54, 1.807) is 0 Å². The summed E-state index contributed by atoms with van der Waals surface area (Å²) in [6.45, 7) is 0.506. The molecule has 0 heterocycles. The van der Waals surface area contributed by atoms with Crippen molar-refractivity contribution in [3.8, 4) is 0 Å². The van der Waals surface area contributed by atoms with E-state index in [0.29, 0.717) is 13.0 Å². The highest BCUT2D eigenvalue weighted by molar-refractivity contribution is 6.32. The molecule has 0 unspecified atom stereocenters. The molecule has 8 heteroatoms. The lowest BCUT2D eigenvalue weighted by atomic mass is 9.95. The monoisotopic (exact) mass is 285 g/mol. The van der Waals surface area contributed by atoms with Crippen molar-refractivity contribution in [3.63, 3.8) is 0 Å².